The lowest BCUT2D eigenvalue weighted by Crippen LogP contribution is -2.42. The van der Waals surface area contributed by atoms with E-state index in [1.807, 2.05) is 31.2 Å². The van der Waals surface area contributed by atoms with E-state index in [9.17, 15) is 4.79 Å². The molecule has 1 aromatic carbocycles. The van der Waals surface area contributed by atoms with E-state index in [2.05, 4.69) is 12.2 Å². The van der Waals surface area contributed by atoms with Crippen molar-refractivity contribution in [1.29, 1.82) is 0 Å². The molecule has 1 aromatic rings. The maximum atomic E-state index is 11.7. The highest BCUT2D eigenvalue weighted by atomic mass is 16.5. The molecule has 0 saturated heterocycles. The summed E-state index contributed by atoms with van der Waals surface area (Å²) in [7, 11) is 0. The van der Waals surface area contributed by atoms with Gasteiger partial charge in [0.2, 0.25) is 0 Å². The fourth-order valence-electron chi connectivity index (χ4n) is 1.82. The molecule has 0 spiro atoms. The minimum Gasteiger partial charge on any atom is -0.484 e. The number of ether oxygens (including phenoxy) is 1. The van der Waals surface area contributed by atoms with Gasteiger partial charge in [-0.3, -0.25) is 4.79 Å². The maximum Gasteiger partial charge on any atom is 0.258 e. The van der Waals surface area contributed by atoms with Crippen LogP contribution in [0.2, 0.25) is 0 Å². The van der Waals surface area contributed by atoms with Gasteiger partial charge in [-0.1, -0.05) is 31.9 Å². The van der Waals surface area contributed by atoms with Crippen LogP contribution >= 0.6 is 0 Å². The van der Waals surface area contributed by atoms with Gasteiger partial charge >= 0.3 is 0 Å². The first-order valence-corrected chi connectivity index (χ1v) is 6.84. The molecule has 0 aliphatic carbocycles. The number of unbranched alkanes of at least 4 members (excludes halogenated alkanes) is 1. The first kappa shape index (κ1) is 15.5. The van der Waals surface area contributed by atoms with Crippen molar-refractivity contribution in [2.45, 2.75) is 39.2 Å². The van der Waals surface area contributed by atoms with Crippen molar-refractivity contribution in [1.82, 2.24) is 5.32 Å². The van der Waals surface area contributed by atoms with Crippen LogP contribution in [0.15, 0.2) is 24.3 Å². The summed E-state index contributed by atoms with van der Waals surface area (Å²) in [4.78, 5) is 11.7. The number of carbonyl (C=O) groups is 1. The van der Waals surface area contributed by atoms with Crippen LogP contribution in [0.25, 0.3) is 0 Å². The summed E-state index contributed by atoms with van der Waals surface area (Å²) in [5, 5.41) is 2.90. The van der Waals surface area contributed by atoms with Crippen LogP contribution in [-0.2, 0) is 4.79 Å². The quantitative estimate of drug-likeness (QED) is 0.755. The minimum atomic E-state index is -0.118. The molecule has 0 fully saturated rings. The average molecular weight is 264 g/mol. The molecule has 1 amide bonds. The zero-order valence-electron chi connectivity index (χ0n) is 11.8. The van der Waals surface area contributed by atoms with Crippen molar-refractivity contribution < 1.29 is 9.53 Å². The van der Waals surface area contributed by atoms with E-state index in [0.29, 0.717) is 12.3 Å². The number of hydrogen-bond acceptors (Lipinski definition) is 3. The summed E-state index contributed by atoms with van der Waals surface area (Å²) in [6.45, 7) is 4.61. The first-order chi connectivity index (χ1) is 9.15. The highest BCUT2D eigenvalue weighted by molar-refractivity contribution is 5.77. The van der Waals surface area contributed by atoms with Crippen LogP contribution in [0.3, 0.4) is 0 Å². The molecule has 0 saturated carbocycles. The average Bonchev–Trinajstić information content (AvgIpc) is 2.41. The molecule has 4 nitrogen and oxygen atoms in total. The number of nitrogens with one attached hydrogen (secondary N) is 1. The van der Waals surface area contributed by atoms with Gasteiger partial charge in [0.15, 0.2) is 6.61 Å². The Labute approximate surface area is 115 Å². The number of amides is 1. The Balaban J connectivity index is 2.34. The van der Waals surface area contributed by atoms with Crippen molar-refractivity contribution in [2.24, 2.45) is 5.73 Å². The number of hydrogen-bond donors (Lipinski definition) is 2. The molecule has 19 heavy (non-hydrogen) atoms. The van der Waals surface area contributed by atoms with E-state index in [0.717, 1.165) is 24.8 Å². The second-order valence-electron chi connectivity index (χ2n) is 4.75. The van der Waals surface area contributed by atoms with Gasteiger partial charge in [0, 0.05) is 12.6 Å². The minimum absolute atomic E-state index is 0.0338. The summed E-state index contributed by atoms with van der Waals surface area (Å²) in [6.07, 6.45) is 3.09. The van der Waals surface area contributed by atoms with Crippen molar-refractivity contribution in [3.05, 3.63) is 29.8 Å². The smallest absolute Gasteiger partial charge is 0.258 e. The number of rotatable bonds is 8. The van der Waals surface area contributed by atoms with Gasteiger partial charge < -0.3 is 15.8 Å². The third-order valence-corrected chi connectivity index (χ3v) is 2.92. The second kappa shape index (κ2) is 8.53. The number of carbonyl (C=O) groups excluding carboxylic acids is 1. The normalized spacial score (nSPS) is 11.9. The molecule has 0 aliphatic rings. The third kappa shape index (κ3) is 6.25. The monoisotopic (exact) mass is 264 g/mol. The van der Waals surface area contributed by atoms with E-state index in [-0.39, 0.29) is 18.6 Å². The summed E-state index contributed by atoms with van der Waals surface area (Å²) in [5.41, 5.74) is 6.75. The SMILES string of the molecule is CCCCC(CN)NC(=O)COc1cccc(C)c1. The molecule has 1 rings (SSSR count). The van der Waals surface area contributed by atoms with Crippen molar-refractivity contribution >= 4 is 5.91 Å². The van der Waals surface area contributed by atoms with Crippen molar-refractivity contribution in [2.75, 3.05) is 13.2 Å². The number of aryl methyl sites for hydroxylation is 1. The fraction of sp³-hybridized carbons (Fsp3) is 0.533. The molecule has 0 heterocycles. The third-order valence-electron chi connectivity index (χ3n) is 2.92. The highest BCUT2D eigenvalue weighted by Gasteiger charge is 2.10. The van der Waals surface area contributed by atoms with E-state index >= 15 is 0 Å². The molecule has 106 valence electrons. The largest absolute Gasteiger partial charge is 0.484 e. The molecule has 1 atom stereocenters. The van der Waals surface area contributed by atoms with Crippen LogP contribution in [0, 0.1) is 6.92 Å². The molecule has 3 N–H and O–H groups in total. The zero-order valence-corrected chi connectivity index (χ0v) is 11.8. The molecule has 4 heteroatoms. The lowest BCUT2D eigenvalue weighted by Gasteiger charge is -2.16. The van der Waals surface area contributed by atoms with Gasteiger partial charge in [-0.15, -0.1) is 0 Å². The fourth-order valence-corrected chi connectivity index (χ4v) is 1.82. The Morgan fingerprint density at radius 1 is 1.47 bits per heavy atom. The molecule has 0 bridgehead atoms. The Morgan fingerprint density at radius 3 is 2.89 bits per heavy atom. The first-order valence-electron chi connectivity index (χ1n) is 6.84. The van der Waals surface area contributed by atoms with Gasteiger partial charge in [-0.2, -0.15) is 0 Å². The van der Waals surface area contributed by atoms with Crippen LogP contribution in [-0.4, -0.2) is 25.1 Å². The van der Waals surface area contributed by atoms with E-state index < -0.39 is 0 Å². The molecule has 0 aromatic heterocycles. The van der Waals surface area contributed by atoms with Gasteiger partial charge in [0.05, 0.1) is 0 Å². The molecular weight excluding hydrogens is 240 g/mol. The summed E-state index contributed by atoms with van der Waals surface area (Å²) < 4.78 is 5.45. The summed E-state index contributed by atoms with van der Waals surface area (Å²) in [5.74, 6) is 0.598. The van der Waals surface area contributed by atoms with Gasteiger partial charge in [-0.25, -0.2) is 0 Å². The predicted octanol–water partition coefficient (Wildman–Crippen LogP) is 2.01. The molecule has 0 radical (unpaired) electrons. The standard InChI is InChI=1S/C15H24N2O2/c1-3-4-7-13(10-16)17-15(18)11-19-14-8-5-6-12(2)9-14/h5-6,8-9,13H,3-4,7,10-11,16H2,1-2H3,(H,17,18). The van der Waals surface area contributed by atoms with E-state index in [1.165, 1.54) is 0 Å². The second-order valence-corrected chi connectivity index (χ2v) is 4.75. The van der Waals surface area contributed by atoms with Gasteiger partial charge in [-0.05, 0) is 31.0 Å². The number of benzene rings is 1. The Bertz CT molecular complexity index is 393. The van der Waals surface area contributed by atoms with Gasteiger partial charge in [0.25, 0.3) is 5.91 Å². The van der Waals surface area contributed by atoms with Gasteiger partial charge in [0.1, 0.15) is 5.75 Å². The maximum absolute atomic E-state index is 11.7. The molecule has 1 unspecified atom stereocenters. The topological polar surface area (TPSA) is 64.3 Å². The Morgan fingerprint density at radius 2 is 2.26 bits per heavy atom. The van der Waals surface area contributed by atoms with Crippen LogP contribution in [0.4, 0.5) is 0 Å². The zero-order chi connectivity index (χ0) is 14.1. The molecular formula is C15H24N2O2. The summed E-state index contributed by atoms with van der Waals surface area (Å²) in [6, 6.07) is 7.70. The van der Waals surface area contributed by atoms with Crippen molar-refractivity contribution in [3.63, 3.8) is 0 Å². The predicted molar refractivity (Wildman–Crippen MR) is 77.2 cm³/mol. The summed E-state index contributed by atoms with van der Waals surface area (Å²) >= 11 is 0. The van der Waals surface area contributed by atoms with Crippen LogP contribution in [0.5, 0.6) is 5.75 Å². The molecule has 0 aliphatic heterocycles. The van der Waals surface area contributed by atoms with Crippen molar-refractivity contribution in [3.8, 4) is 5.75 Å². The lowest BCUT2D eigenvalue weighted by molar-refractivity contribution is -0.123. The number of nitrogens with two attached hydrogens (primary N) is 1. The Hall–Kier alpha value is -1.55. The van der Waals surface area contributed by atoms with Crippen LogP contribution < -0.4 is 15.8 Å². The van der Waals surface area contributed by atoms with E-state index in [1.54, 1.807) is 0 Å². The lowest BCUT2D eigenvalue weighted by atomic mass is 10.1. The van der Waals surface area contributed by atoms with E-state index in [4.69, 9.17) is 10.5 Å². The highest BCUT2D eigenvalue weighted by Crippen LogP contribution is 2.11. The van der Waals surface area contributed by atoms with Crippen LogP contribution in [0.1, 0.15) is 31.7 Å². The Kier molecular flexibility index (Phi) is 6.97.